The van der Waals surface area contributed by atoms with Gasteiger partial charge in [-0.2, -0.15) is 31.4 Å². The summed E-state index contributed by atoms with van der Waals surface area (Å²) in [4.78, 5) is 52.0. The van der Waals surface area contributed by atoms with Gasteiger partial charge in [-0.15, -0.1) is 0 Å². The van der Waals surface area contributed by atoms with E-state index in [4.69, 9.17) is 0 Å². The lowest BCUT2D eigenvalue weighted by molar-refractivity contribution is -0.149. The highest BCUT2D eigenvalue weighted by Gasteiger charge is 2.38. The fourth-order valence-electron chi connectivity index (χ4n) is 5.37. The molecule has 2 aromatic rings. The second-order valence-electron chi connectivity index (χ2n) is 10.6. The molecule has 0 spiro atoms. The third-order valence-corrected chi connectivity index (χ3v) is 7.75. The molecule has 0 bridgehead atoms. The number of amides is 2. The van der Waals surface area contributed by atoms with Gasteiger partial charge in [0.25, 0.3) is 5.56 Å². The molecule has 5 rings (SSSR count). The van der Waals surface area contributed by atoms with Crippen LogP contribution in [-0.4, -0.2) is 98.7 Å². The van der Waals surface area contributed by atoms with Gasteiger partial charge in [0.2, 0.25) is 17.8 Å². The molecule has 2 amide bonds. The number of alkyl halides is 6. The Morgan fingerprint density at radius 3 is 2.21 bits per heavy atom. The van der Waals surface area contributed by atoms with Crippen LogP contribution in [0.15, 0.2) is 17.2 Å². The van der Waals surface area contributed by atoms with Gasteiger partial charge in [0, 0.05) is 88.8 Å². The molecule has 3 aliphatic rings. The van der Waals surface area contributed by atoms with E-state index < -0.39 is 42.2 Å². The maximum Gasteiger partial charge on any atom is 0.419 e. The first kappa shape index (κ1) is 29.7. The normalized spacial score (nSPS) is 18.6. The van der Waals surface area contributed by atoms with E-state index in [-0.39, 0.29) is 37.3 Å². The van der Waals surface area contributed by atoms with E-state index in [1.54, 1.807) is 9.80 Å². The predicted molar refractivity (Wildman–Crippen MR) is 134 cm³/mol. The summed E-state index contributed by atoms with van der Waals surface area (Å²) in [6.07, 6.45) is -9.15. The van der Waals surface area contributed by atoms with Gasteiger partial charge >= 0.3 is 12.4 Å². The van der Waals surface area contributed by atoms with E-state index in [1.165, 1.54) is 4.90 Å². The second kappa shape index (κ2) is 11.5. The minimum atomic E-state index is -4.52. The van der Waals surface area contributed by atoms with Crippen molar-refractivity contribution < 1.29 is 35.9 Å². The molecule has 3 aliphatic heterocycles. The highest BCUT2D eigenvalue weighted by molar-refractivity contribution is 5.80. The summed E-state index contributed by atoms with van der Waals surface area (Å²) in [5, 5.41) is 6.59. The van der Waals surface area contributed by atoms with E-state index in [0.717, 1.165) is 12.4 Å². The van der Waals surface area contributed by atoms with E-state index in [2.05, 4.69) is 20.2 Å². The van der Waals surface area contributed by atoms with Gasteiger partial charge in [0.05, 0.1) is 23.6 Å². The minimum absolute atomic E-state index is 0.00139. The molecule has 0 aromatic carbocycles. The van der Waals surface area contributed by atoms with Gasteiger partial charge in [-0.25, -0.2) is 15.1 Å². The highest BCUT2D eigenvalue weighted by atomic mass is 19.4. The minimum Gasteiger partial charge on any atom is -0.339 e. The van der Waals surface area contributed by atoms with Crippen molar-refractivity contribution in [2.45, 2.75) is 44.7 Å². The molecule has 2 saturated heterocycles. The van der Waals surface area contributed by atoms with Crippen molar-refractivity contribution in [1.29, 1.82) is 0 Å². The summed E-state index contributed by atoms with van der Waals surface area (Å²) in [6.45, 7) is 2.80. The van der Waals surface area contributed by atoms with Crippen LogP contribution in [0, 0.1) is 5.92 Å². The Balaban J connectivity index is 1.12. The van der Waals surface area contributed by atoms with Crippen LogP contribution in [0.3, 0.4) is 0 Å². The molecule has 1 N–H and O–H groups in total. The number of fused-ring (bicyclic) bond motifs is 1. The molecule has 2 fully saturated rings. The fourth-order valence-corrected chi connectivity index (χ4v) is 5.37. The highest BCUT2D eigenvalue weighted by Crippen LogP contribution is 2.29. The van der Waals surface area contributed by atoms with Crippen molar-refractivity contribution in [3.8, 4) is 0 Å². The first-order chi connectivity index (χ1) is 19.8. The van der Waals surface area contributed by atoms with Gasteiger partial charge in [-0.1, -0.05) is 0 Å². The molecule has 5 heterocycles. The summed E-state index contributed by atoms with van der Waals surface area (Å²) in [5.74, 6) is -0.777. The zero-order chi connectivity index (χ0) is 30.2. The molecule has 11 nitrogen and oxygen atoms in total. The SMILES string of the molecule is O=C(CCC(F)(F)F)N1CCc2c(c(CN3CC(C(=O)N4CCN(c5ncc(C(F)(F)F)cn5)CC4)C3)n[nH]c2=O)C1. The number of hydrogen-bond donors (Lipinski definition) is 1. The van der Waals surface area contributed by atoms with E-state index >= 15 is 0 Å². The maximum atomic E-state index is 13.0. The number of nitrogens with zero attached hydrogens (tertiary/aromatic N) is 7. The smallest absolute Gasteiger partial charge is 0.339 e. The number of rotatable bonds is 6. The number of likely N-dealkylation sites (tertiary alicyclic amines) is 1. The lowest BCUT2D eigenvalue weighted by Gasteiger charge is -2.43. The van der Waals surface area contributed by atoms with Crippen LogP contribution in [-0.2, 0) is 35.3 Å². The molecular formula is C25H28F6N8O3. The van der Waals surface area contributed by atoms with Gasteiger partial charge in [0.15, 0.2) is 0 Å². The van der Waals surface area contributed by atoms with Gasteiger partial charge in [0.1, 0.15) is 0 Å². The standard InChI is InChI=1S/C25H28F6N8O3/c26-24(27,28)3-1-20(40)39-4-2-17-18(13-39)19(34-35-21(17)41)14-36-11-15(12-36)22(42)37-5-7-38(8-6-37)23-32-9-16(10-33-23)25(29,30)31/h9-10,15H,1-8,11-14H2,(H,35,41). The zero-order valence-electron chi connectivity index (χ0n) is 22.3. The van der Waals surface area contributed by atoms with Crippen LogP contribution in [0.25, 0.3) is 0 Å². The van der Waals surface area contributed by atoms with E-state index in [1.807, 2.05) is 4.90 Å². The molecule has 0 saturated carbocycles. The summed E-state index contributed by atoms with van der Waals surface area (Å²) >= 11 is 0. The first-order valence-electron chi connectivity index (χ1n) is 13.4. The number of aromatic amines is 1. The van der Waals surface area contributed by atoms with Gasteiger partial charge in [-0.05, 0) is 6.42 Å². The quantitative estimate of drug-likeness (QED) is 0.496. The van der Waals surface area contributed by atoms with Crippen LogP contribution in [0.1, 0.15) is 35.2 Å². The predicted octanol–water partition coefficient (Wildman–Crippen LogP) is 1.59. The molecule has 0 unspecified atom stereocenters. The zero-order valence-corrected chi connectivity index (χ0v) is 22.3. The molecule has 2 aromatic heterocycles. The van der Waals surface area contributed by atoms with Crippen LogP contribution in [0.4, 0.5) is 32.3 Å². The number of carbonyl (C=O) groups is 2. The molecule has 42 heavy (non-hydrogen) atoms. The number of nitrogens with one attached hydrogen (secondary N) is 1. The number of anilines is 1. The number of H-pyrrole nitrogens is 1. The molecule has 17 heteroatoms. The van der Waals surface area contributed by atoms with Crippen molar-refractivity contribution in [3.05, 3.63) is 45.1 Å². The van der Waals surface area contributed by atoms with Gasteiger partial charge < -0.3 is 14.7 Å². The maximum absolute atomic E-state index is 13.0. The molecule has 0 aliphatic carbocycles. The third kappa shape index (κ3) is 6.65. The first-order valence-corrected chi connectivity index (χ1v) is 13.4. The average molecular weight is 603 g/mol. The lowest BCUT2D eigenvalue weighted by Crippen LogP contribution is -2.57. The summed E-state index contributed by atoms with van der Waals surface area (Å²) in [6, 6.07) is 0. The number of halogens is 6. The average Bonchev–Trinajstić information content (AvgIpc) is 2.93. The van der Waals surface area contributed by atoms with Crippen molar-refractivity contribution in [3.63, 3.8) is 0 Å². The Kier molecular flexibility index (Phi) is 8.13. The van der Waals surface area contributed by atoms with Crippen molar-refractivity contribution >= 4 is 17.8 Å². The van der Waals surface area contributed by atoms with Crippen molar-refractivity contribution in [2.24, 2.45) is 5.92 Å². The number of hydrogen-bond acceptors (Lipinski definition) is 8. The van der Waals surface area contributed by atoms with Crippen LogP contribution < -0.4 is 10.5 Å². The second-order valence-corrected chi connectivity index (χ2v) is 10.6. The van der Waals surface area contributed by atoms with Crippen molar-refractivity contribution in [1.82, 2.24) is 34.9 Å². The number of carbonyl (C=O) groups excluding carboxylic acids is 2. The van der Waals surface area contributed by atoms with Crippen LogP contribution in [0.5, 0.6) is 0 Å². The summed E-state index contributed by atoms with van der Waals surface area (Å²) in [5.41, 5.74) is 0.172. The third-order valence-electron chi connectivity index (χ3n) is 7.75. The molecule has 0 atom stereocenters. The Labute approximate surface area is 235 Å². The van der Waals surface area contributed by atoms with Crippen molar-refractivity contribution in [2.75, 3.05) is 50.7 Å². The van der Waals surface area contributed by atoms with E-state index in [0.29, 0.717) is 62.6 Å². The summed E-state index contributed by atoms with van der Waals surface area (Å²) < 4.78 is 76.0. The largest absolute Gasteiger partial charge is 0.419 e. The Morgan fingerprint density at radius 2 is 1.60 bits per heavy atom. The topological polar surface area (TPSA) is 119 Å². The van der Waals surface area contributed by atoms with Gasteiger partial charge in [-0.3, -0.25) is 19.3 Å². The van der Waals surface area contributed by atoms with E-state index in [9.17, 15) is 40.7 Å². The molecule has 0 radical (unpaired) electrons. The number of piperazine rings is 1. The molecular weight excluding hydrogens is 574 g/mol. The lowest BCUT2D eigenvalue weighted by atomic mass is 9.95. The Bertz CT molecular complexity index is 1370. The van der Waals surface area contributed by atoms with Crippen LogP contribution >= 0.6 is 0 Å². The number of aromatic nitrogens is 4. The molecule has 228 valence electrons. The Morgan fingerprint density at radius 1 is 0.929 bits per heavy atom. The fraction of sp³-hybridized carbons (Fsp3) is 0.600. The summed E-state index contributed by atoms with van der Waals surface area (Å²) in [7, 11) is 0. The van der Waals surface area contributed by atoms with Crippen LogP contribution in [0.2, 0.25) is 0 Å². The Hall–Kier alpha value is -3.76. The monoisotopic (exact) mass is 602 g/mol.